The van der Waals surface area contributed by atoms with Crippen LogP contribution < -0.4 is 5.32 Å². The molecule has 1 atom stereocenters. The maximum Gasteiger partial charge on any atom is 0.137 e. The summed E-state index contributed by atoms with van der Waals surface area (Å²) in [6.07, 6.45) is 5.10. The second-order valence-electron chi connectivity index (χ2n) is 4.49. The number of hydrogen-bond donors (Lipinski definition) is 1. The molecule has 0 fully saturated rings. The van der Waals surface area contributed by atoms with Gasteiger partial charge in [-0.1, -0.05) is 18.2 Å². The number of hydrogen-bond acceptors (Lipinski definition) is 4. The van der Waals surface area contributed by atoms with Crippen LogP contribution in [0.15, 0.2) is 47.3 Å². The second-order valence-corrected chi connectivity index (χ2v) is 4.49. The van der Waals surface area contributed by atoms with Gasteiger partial charge in [0.05, 0.1) is 11.9 Å². The highest BCUT2D eigenvalue weighted by molar-refractivity contribution is 5.81. The first-order chi connectivity index (χ1) is 9.29. The smallest absolute Gasteiger partial charge is 0.137 e. The fourth-order valence-electron chi connectivity index (χ4n) is 2.27. The molecule has 0 amide bonds. The zero-order chi connectivity index (χ0) is 13.2. The van der Waals surface area contributed by atoms with Crippen LogP contribution in [-0.4, -0.2) is 17.0 Å². The topological polar surface area (TPSA) is 51.0 Å². The van der Waals surface area contributed by atoms with E-state index in [-0.39, 0.29) is 6.04 Å². The number of para-hydroxylation sites is 1. The van der Waals surface area contributed by atoms with Gasteiger partial charge in [0.25, 0.3) is 0 Å². The number of benzene rings is 1. The van der Waals surface area contributed by atoms with E-state index >= 15 is 0 Å². The Morgan fingerprint density at radius 1 is 1.26 bits per heavy atom. The third-order valence-electron chi connectivity index (χ3n) is 3.21. The van der Waals surface area contributed by atoms with Crippen LogP contribution in [0.25, 0.3) is 11.0 Å². The van der Waals surface area contributed by atoms with Crippen LogP contribution in [0.3, 0.4) is 0 Å². The highest BCUT2D eigenvalue weighted by Crippen LogP contribution is 2.28. The molecule has 3 rings (SSSR count). The molecule has 19 heavy (non-hydrogen) atoms. The van der Waals surface area contributed by atoms with Crippen molar-refractivity contribution >= 4 is 11.0 Å². The van der Waals surface area contributed by atoms with Gasteiger partial charge in [0, 0.05) is 17.8 Å². The monoisotopic (exact) mass is 253 g/mol. The van der Waals surface area contributed by atoms with Gasteiger partial charge in [0.1, 0.15) is 17.4 Å². The lowest BCUT2D eigenvalue weighted by molar-refractivity contribution is 0.484. The van der Waals surface area contributed by atoms with E-state index in [1.165, 1.54) is 0 Å². The van der Waals surface area contributed by atoms with Crippen molar-refractivity contribution < 1.29 is 4.42 Å². The van der Waals surface area contributed by atoms with Crippen LogP contribution in [0, 0.1) is 6.92 Å². The van der Waals surface area contributed by atoms with Crippen molar-refractivity contribution in [3.05, 3.63) is 59.9 Å². The van der Waals surface area contributed by atoms with Crippen molar-refractivity contribution in [2.75, 3.05) is 7.05 Å². The average molecular weight is 253 g/mol. The summed E-state index contributed by atoms with van der Waals surface area (Å²) in [6.45, 7) is 2.05. The molecule has 0 radical (unpaired) electrons. The van der Waals surface area contributed by atoms with E-state index in [4.69, 9.17) is 4.42 Å². The summed E-state index contributed by atoms with van der Waals surface area (Å²) in [7, 11) is 1.89. The van der Waals surface area contributed by atoms with Crippen LogP contribution in [0.4, 0.5) is 0 Å². The Morgan fingerprint density at radius 3 is 2.84 bits per heavy atom. The molecule has 96 valence electrons. The molecule has 1 N–H and O–H groups in total. The van der Waals surface area contributed by atoms with E-state index < -0.39 is 0 Å². The molecule has 2 heterocycles. The Balaban J connectivity index is 2.09. The molecule has 0 saturated carbocycles. The second kappa shape index (κ2) is 4.82. The van der Waals surface area contributed by atoms with Crippen molar-refractivity contribution in [3.8, 4) is 0 Å². The number of furan rings is 1. The first kappa shape index (κ1) is 11.9. The van der Waals surface area contributed by atoms with Crippen molar-refractivity contribution in [3.63, 3.8) is 0 Å². The number of nitrogens with zero attached hydrogens (tertiary/aromatic N) is 2. The third kappa shape index (κ3) is 2.11. The van der Waals surface area contributed by atoms with Gasteiger partial charge in [0.15, 0.2) is 0 Å². The van der Waals surface area contributed by atoms with E-state index in [9.17, 15) is 0 Å². The van der Waals surface area contributed by atoms with Gasteiger partial charge in [0.2, 0.25) is 0 Å². The maximum absolute atomic E-state index is 5.98. The van der Waals surface area contributed by atoms with Crippen LogP contribution in [0.5, 0.6) is 0 Å². The minimum Gasteiger partial charge on any atom is -0.459 e. The number of aromatic nitrogens is 2. The Morgan fingerprint density at radius 2 is 2.16 bits per heavy atom. The highest BCUT2D eigenvalue weighted by Gasteiger charge is 2.18. The summed E-state index contributed by atoms with van der Waals surface area (Å²) in [5.74, 6) is 0.854. The quantitative estimate of drug-likeness (QED) is 0.779. The average Bonchev–Trinajstić information content (AvgIpc) is 2.86. The molecule has 3 aromatic rings. The molecule has 0 saturated heterocycles. The van der Waals surface area contributed by atoms with Gasteiger partial charge >= 0.3 is 0 Å². The number of rotatable bonds is 3. The van der Waals surface area contributed by atoms with Gasteiger partial charge in [-0.15, -0.1) is 0 Å². The van der Waals surface area contributed by atoms with E-state index in [1.54, 1.807) is 18.6 Å². The fraction of sp³-hybridized carbons (Fsp3) is 0.200. The molecule has 4 nitrogen and oxygen atoms in total. The lowest BCUT2D eigenvalue weighted by atomic mass is 10.1. The number of nitrogens with one attached hydrogen (secondary N) is 1. The summed E-state index contributed by atoms with van der Waals surface area (Å²) >= 11 is 0. The van der Waals surface area contributed by atoms with Crippen molar-refractivity contribution in [2.45, 2.75) is 13.0 Å². The zero-order valence-corrected chi connectivity index (χ0v) is 10.9. The lowest BCUT2D eigenvalue weighted by Crippen LogP contribution is -2.18. The highest BCUT2D eigenvalue weighted by atomic mass is 16.3. The summed E-state index contributed by atoms with van der Waals surface area (Å²) < 4.78 is 5.98. The number of fused-ring (bicyclic) bond motifs is 1. The Hall–Kier alpha value is -2.20. The molecular formula is C15H15N3O. The largest absolute Gasteiger partial charge is 0.459 e. The molecular weight excluding hydrogens is 238 g/mol. The number of aryl methyl sites for hydroxylation is 1. The standard InChI is InChI=1S/C15H15N3O/c1-10-4-3-5-11-8-13(19-15(10)11)14(16-2)12-9-17-6-7-18-12/h3-9,14,16H,1-2H3. The summed E-state index contributed by atoms with van der Waals surface area (Å²) in [5, 5.41) is 4.33. The van der Waals surface area contributed by atoms with Crippen LogP contribution in [0.2, 0.25) is 0 Å². The van der Waals surface area contributed by atoms with Crippen LogP contribution >= 0.6 is 0 Å². The van der Waals surface area contributed by atoms with Crippen LogP contribution in [0.1, 0.15) is 23.1 Å². The van der Waals surface area contributed by atoms with Crippen molar-refractivity contribution in [1.82, 2.24) is 15.3 Å². The zero-order valence-electron chi connectivity index (χ0n) is 10.9. The molecule has 0 bridgehead atoms. The van der Waals surface area contributed by atoms with Crippen molar-refractivity contribution in [1.29, 1.82) is 0 Å². The first-order valence-corrected chi connectivity index (χ1v) is 6.22. The molecule has 4 heteroatoms. The molecule has 0 aliphatic carbocycles. The molecule has 1 unspecified atom stereocenters. The summed E-state index contributed by atoms with van der Waals surface area (Å²) in [5.41, 5.74) is 2.92. The van der Waals surface area contributed by atoms with Gasteiger partial charge < -0.3 is 9.73 Å². The molecule has 0 aliphatic rings. The Bertz CT molecular complexity index is 691. The van der Waals surface area contributed by atoms with Gasteiger partial charge in [-0.2, -0.15) is 0 Å². The predicted molar refractivity (Wildman–Crippen MR) is 73.9 cm³/mol. The Labute approximate surface area is 111 Å². The minimum atomic E-state index is -0.0829. The first-order valence-electron chi connectivity index (χ1n) is 6.22. The molecule has 1 aromatic carbocycles. The van der Waals surface area contributed by atoms with E-state index in [1.807, 2.05) is 26.1 Å². The SMILES string of the molecule is CNC(c1cnccn1)c1cc2cccc(C)c2o1. The maximum atomic E-state index is 5.98. The predicted octanol–water partition coefficient (Wildman–Crippen LogP) is 2.84. The van der Waals surface area contributed by atoms with E-state index in [2.05, 4.69) is 27.4 Å². The van der Waals surface area contributed by atoms with E-state index in [0.717, 1.165) is 28.0 Å². The van der Waals surface area contributed by atoms with Gasteiger partial charge in [-0.25, -0.2) is 0 Å². The minimum absolute atomic E-state index is 0.0829. The summed E-state index contributed by atoms with van der Waals surface area (Å²) in [6, 6.07) is 8.11. The molecule has 0 aliphatic heterocycles. The van der Waals surface area contributed by atoms with Gasteiger partial charge in [-0.3, -0.25) is 9.97 Å². The Kier molecular flexibility index (Phi) is 3.01. The normalized spacial score (nSPS) is 12.7. The molecule has 0 spiro atoms. The molecule has 2 aromatic heterocycles. The third-order valence-corrected chi connectivity index (χ3v) is 3.21. The lowest BCUT2D eigenvalue weighted by Gasteiger charge is -2.11. The van der Waals surface area contributed by atoms with Crippen molar-refractivity contribution in [2.24, 2.45) is 0 Å². The van der Waals surface area contributed by atoms with Crippen LogP contribution in [-0.2, 0) is 0 Å². The van der Waals surface area contributed by atoms with E-state index in [0.29, 0.717) is 0 Å². The summed E-state index contributed by atoms with van der Waals surface area (Å²) in [4.78, 5) is 8.44. The fourth-order valence-corrected chi connectivity index (χ4v) is 2.27. The van der Waals surface area contributed by atoms with Gasteiger partial charge in [-0.05, 0) is 25.6 Å².